The molecule has 0 aliphatic carbocycles. The second-order valence-corrected chi connectivity index (χ2v) is 5.28. The molecule has 22 heavy (non-hydrogen) atoms. The quantitative estimate of drug-likeness (QED) is 0.700. The van der Waals surface area contributed by atoms with E-state index in [4.69, 9.17) is 32.7 Å². The predicted octanol–water partition coefficient (Wildman–Crippen LogP) is 4.62. The molecule has 0 fully saturated rings. The summed E-state index contributed by atoms with van der Waals surface area (Å²) in [5, 5.41) is 1.62. The fraction of sp³-hybridized carbons (Fsp3) is 0.125. The van der Waals surface area contributed by atoms with Gasteiger partial charge in [-0.1, -0.05) is 41.4 Å². The first kappa shape index (κ1) is 14.9. The van der Waals surface area contributed by atoms with Gasteiger partial charge in [-0.15, -0.1) is 0 Å². The summed E-state index contributed by atoms with van der Waals surface area (Å²) in [7, 11) is 3.08. The molecular formula is C16H12Cl2N2O2. The molecule has 3 rings (SSSR count). The average Bonchev–Trinajstić information content (AvgIpc) is 2.55. The first-order valence-corrected chi connectivity index (χ1v) is 7.23. The topological polar surface area (TPSA) is 44.2 Å². The van der Waals surface area contributed by atoms with Gasteiger partial charge in [0.05, 0.1) is 35.5 Å². The maximum absolute atomic E-state index is 6.45. The molecule has 1 aromatic heterocycles. The van der Waals surface area contributed by atoms with Crippen molar-refractivity contribution >= 4 is 34.1 Å². The maximum atomic E-state index is 6.45. The Balaban J connectivity index is 2.40. The van der Waals surface area contributed by atoms with Crippen molar-refractivity contribution in [2.24, 2.45) is 0 Å². The lowest BCUT2D eigenvalue weighted by atomic mass is 10.1. The van der Waals surface area contributed by atoms with Crippen LogP contribution in [0.15, 0.2) is 36.7 Å². The van der Waals surface area contributed by atoms with Gasteiger partial charge in [-0.2, -0.15) is 0 Å². The molecule has 0 spiro atoms. The Morgan fingerprint density at radius 3 is 2.18 bits per heavy atom. The van der Waals surface area contributed by atoms with Crippen molar-refractivity contribution in [3.05, 3.63) is 46.7 Å². The highest BCUT2D eigenvalue weighted by Crippen LogP contribution is 2.46. The van der Waals surface area contributed by atoms with Crippen molar-refractivity contribution in [3.8, 4) is 22.8 Å². The number of hydrogen-bond acceptors (Lipinski definition) is 4. The first-order chi connectivity index (χ1) is 10.7. The van der Waals surface area contributed by atoms with Crippen LogP contribution in [-0.4, -0.2) is 24.2 Å². The number of fused-ring (bicyclic) bond motifs is 1. The molecule has 1 heterocycles. The van der Waals surface area contributed by atoms with Crippen molar-refractivity contribution in [1.82, 2.24) is 9.97 Å². The Morgan fingerprint density at radius 1 is 0.909 bits per heavy atom. The maximum Gasteiger partial charge on any atom is 0.141 e. The van der Waals surface area contributed by atoms with Gasteiger partial charge >= 0.3 is 0 Å². The zero-order valence-electron chi connectivity index (χ0n) is 11.9. The number of rotatable bonds is 3. The number of halogens is 2. The Hall–Kier alpha value is -2.04. The monoisotopic (exact) mass is 334 g/mol. The molecule has 0 radical (unpaired) electrons. The van der Waals surface area contributed by atoms with Gasteiger partial charge in [-0.3, -0.25) is 0 Å². The summed E-state index contributed by atoms with van der Waals surface area (Å²) in [6, 6.07) is 9.30. The second-order valence-electron chi connectivity index (χ2n) is 4.52. The minimum atomic E-state index is 0.386. The zero-order chi connectivity index (χ0) is 15.7. The van der Waals surface area contributed by atoms with Crippen molar-refractivity contribution in [1.29, 1.82) is 0 Å². The number of benzene rings is 2. The molecule has 0 atom stereocenters. The number of hydrogen-bond donors (Lipinski definition) is 0. The Morgan fingerprint density at radius 2 is 1.55 bits per heavy atom. The lowest BCUT2D eigenvalue weighted by Crippen LogP contribution is -1.96. The van der Waals surface area contributed by atoms with Gasteiger partial charge in [-0.05, 0) is 6.07 Å². The van der Waals surface area contributed by atoms with Crippen molar-refractivity contribution in [2.45, 2.75) is 0 Å². The van der Waals surface area contributed by atoms with Crippen LogP contribution in [0.25, 0.3) is 22.2 Å². The zero-order valence-corrected chi connectivity index (χ0v) is 13.4. The van der Waals surface area contributed by atoms with E-state index in [-0.39, 0.29) is 0 Å². The SMILES string of the molecule is COc1cc(OC)c(Cl)c(-c2ncnc3ccccc23)c1Cl. The average molecular weight is 335 g/mol. The highest BCUT2D eigenvalue weighted by molar-refractivity contribution is 6.41. The summed E-state index contributed by atoms with van der Waals surface area (Å²) in [5.41, 5.74) is 2.01. The third-order valence-electron chi connectivity index (χ3n) is 3.35. The Labute approximate surface area is 137 Å². The number of nitrogens with zero attached hydrogens (tertiary/aromatic N) is 2. The molecule has 0 saturated carbocycles. The standard InChI is InChI=1S/C16H12Cl2N2O2/c1-21-11-7-12(22-2)15(18)13(14(11)17)16-9-5-3-4-6-10(9)19-8-20-16/h3-8H,1-2H3. The highest BCUT2D eigenvalue weighted by atomic mass is 35.5. The lowest BCUT2D eigenvalue weighted by Gasteiger charge is -2.15. The third-order valence-corrected chi connectivity index (χ3v) is 4.10. The molecule has 3 aromatic rings. The fourth-order valence-electron chi connectivity index (χ4n) is 2.30. The van der Waals surface area contributed by atoms with Crippen LogP contribution in [0.1, 0.15) is 0 Å². The minimum absolute atomic E-state index is 0.386. The molecule has 0 aliphatic rings. The van der Waals surface area contributed by atoms with Crippen LogP contribution in [0.2, 0.25) is 10.0 Å². The molecule has 2 aromatic carbocycles. The van der Waals surface area contributed by atoms with Crippen LogP contribution in [-0.2, 0) is 0 Å². The van der Waals surface area contributed by atoms with Gasteiger partial charge < -0.3 is 9.47 Å². The van der Waals surface area contributed by atoms with E-state index in [1.54, 1.807) is 6.07 Å². The van der Waals surface area contributed by atoms with E-state index in [1.807, 2.05) is 24.3 Å². The van der Waals surface area contributed by atoms with Gasteiger partial charge in [0.25, 0.3) is 0 Å². The van der Waals surface area contributed by atoms with Gasteiger partial charge in [0.2, 0.25) is 0 Å². The van der Waals surface area contributed by atoms with Crippen molar-refractivity contribution < 1.29 is 9.47 Å². The molecule has 0 amide bonds. The Kier molecular flexibility index (Phi) is 4.05. The molecule has 0 unspecified atom stereocenters. The van der Waals surface area contributed by atoms with E-state index in [0.29, 0.717) is 32.8 Å². The van der Waals surface area contributed by atoms with E-state index < -0.39 is 0 Å². The summed E-state index contributed by atoms with van der Waals surface area (Å²) in [5.74, 6) is 0.946. The molecule has 4 nitrogen and oxygen atoms in total. The normalized spacial score (nSPS) is 10.7. The molecule has 0 saturated heterocycles. The summed E-state index contributed by atoms with van der Waals surface area (Å²) < 4.78 is 10.6. The third kappa shape index (κ3) is 2.34. The summed E-state index contributed by atoms with van der Waals surface area (Å²) in [6.45, 7) is 0. The van der Waals surface area contributed by atoms with Crippen LogP contribution in [0, 0.1) is 0 Å². The first-order valence-electron chi connectivity index (χ1n) is 6.47. The van der Waals surface area contributed by atoms with E-state index in [1.165, 1.54) is 20.5 Å². The molecule has 0 bridgehead atoms. The largest absolute Gasteiger partial charge is 0.495 e. The lowest BCUT2D eigenvalue weighted by molar-refractivity contribution is 0.395. The number of para-hydroxylation sites is 1. The smallest absolute Gasteiger partial charge is 0.141 e. The minimum Gasteiger partial charge on any atom is -0.495 e. The number of ether oxygens (including phenoxy) is 2. The van der Waals surface area contributed by atoms with E-state index in [0.717, 1.165) is 10.9 Å². The molecule has 0 N–H and O–H groups in total. The van der Waals surface area contributed by atoms with Gasteiger partial charge in [0, 0.05) is 17.0 Å². The highest BCUT2D eigenvalue weighted by Gasteiger charge is 2.21. The van der Waals surface area contributed by atoms with Crippen molar-refractivity contribution in [3.63, 3.8) is 0 Å². The van der Waals surface area contributed by atoms with Crippen LogP contribution < -0.4 is 9.47 Å². The second kappa shape index (κ2) is 5.99. The van der Waals surface area contributed by atoms with Gasteiger partial charge in [0.15, 0.2) is 0 Å². The summed E-state index contributed by atoms with van der Waals surface area (Å²) in [4.78, 5) is 8.61. The van der Waals surface area contributed by atoms with Crippen LogP contribution >= 0.6 is 23.2 Å². The number of aromatic nitrogens is 2. The van der Waals surface area contributed by atoms with E-state index in [2.05, 4.69) is 9.97 Å². The van der Waals surface area contributed by atoms with Crippen LogP contribution in [0.5, 0.6) is 11.5 Å². The summed E-state index contributed by atoms with van der Waals surface area (Å²) >= 11 is 12.9. The van der Waals surface area contributed by atoms with E-state index in [9.17, 15) is 0 Å². The molecule has 112 valence electrons. The number of methoxy groups -OCH3 is 2. The van der Waals surface area contributed by atoms with E-state index >= 15 is 0 Å². The molecule has 6 heteroatoms. The van der Waals surface area contributed by atoms with Gasteiger partial charge in [0.1, 0.15) is 17.8 Å². The summed E-state index contributed by atoms with van der Waals surface area (Å²) in [6.07, 6.45) is 1.48. The Bertz CT molecular complexity index is 819. The molecule has 0 aliphatic heterocycles. The van der Waals surface area contributed by atoms with Crippen molar-refractivity contribution in [2.75, 3.05) is 14.2 Å². The van der Waals surface area contributed by atoms with Crippen LogP contribution in [0.4, 0.5) is 0 Å². The predicted molar refractivity (Wildman–Crippen MR) is 88.1 cm³/mol. The van der Waals surface area contributed by atoms with Gasteiger partial charge in [-0.25, -0.2) is 9.97 Å². The molecular weight excluding hydrogens is 323 g/mol. The fourth-order valence-corrected chi connectivity index (χ4v) is 2.98. The van der Waals surface area contributed by atoms with Crippen LogP contribution in [0.3, 0.4) is 0 Å².